The first-order valence-electron chi connectivity index (χ1n) is 5.05. The van der Waals surface area contributed by atoms with E-state index in [0.29, 0.717) is 5.92 Å². The summed E-state index contributed by atoms with van der Waals surface area (Å²) in [5.74, 6) is 5.53. The van der Waals surface area contributed by atoms with Crippen LogP contribution in [0.2, 0.25) is 0 Å². The molecule has 0 aromatic heterocycles. The van der Waals surface area contributed by atoms with Crippen LogP contribution in [-0.4, -0.2) is 37.6 Å². The van der Waals surface area contributed by atoms with Crippen molar-refractivity contribution in [2.24, 2.45) is 5.92 Å². The topological polar surface area (TPSA) is 29.5 Å². The van der Waals surface area contributed by atoms with Crippen molar-refractivity contribution in [3.05, 3.63) is 0 Å². The minimum Gasteiger partial charge on any atom is -0.459 e. The van der Waals surface area contributed by atoms with E-state index in [0.717, 1.165) is 19.5 Å². The quantitative estimate of drug-likeness (QED) is 0.372. The second kappa shape index (κ2) is 5.66. The van der Waals surface area contributed by atoms with Crippen LogP contribution in [-0.2, 0) is 9.53 Å². The molecule has 0 N–H and O–H groups in total. The summed E-state index contributed by atoms with van der Waals surface area (Å²) < 4.78 is 4.43. The molecule has 0 amide bonds. The number of nitrogens with zero attached hydrogens (tertiary/aromatic N) is 1. The maximum Gasteiger partial charge on any atom is 0.384 e. The van der Waals surface area contributed by atoms with Gasteiger partial charge in [0.15, 0.2) is 0 Å². The van der Waals surface area contributed by atoms with Gasteiger partial charge in [-0.2, -0.15) is 0 Å². The van der Waals surface area contributed by atoms with Gasteiger partial charge in [-0.05, 0) is 25.4 Å². The first-order chi connectivity index (χ1) is 6.76. The average molecular weight is 195 g/mol. The lowest BCUT2D eigenvalue weighted by molar-refractivity contribution is -0.133. The Kier molecular flexibility index (Phi) is 4.48. The normalized spacial score (nSPS) is 21.4. The second-order valence-electron chi connectivity index (χ2n) is 3.55. The predicted molar refractivity (Wildman–Crippen MR) is 54.6 cm³/mol. The smallest absolute Gasteiger partial charge is 0.384 e. The molecule has 3 nitrogen and oxygen atoms in total. The zero-order valence-electron chi connectivity index (χ0n) is 8.88. The van der Waals surface area contributed by atoms with Crippen molar-refractivity contribution in [3.8, 4) is 11.8 Å². The molecule has 0 aromatic carbocycles. The Labute approximate surface area is 85.4 Å². The summed E-state index contributed by atoms with van der Waals surface area (Å²) in [6.07, 6.45) is 2.01. The van der Waals surface area contributed by atoms with Gasteiger partial charge in [-0.3, -0.25) is 0 Å². The Morgan fingerprint density at radius 2 is 2.43 bits per heavy atom. The number of carbonyl (C=O) groups excluding carboxylic acids is 1. The van der Waals surface area contributed by atoms with Crippen LogP contribution in [0, 0.1) is 17.8 Å². The molecule has 1 aliphatic rings. The molecule has 1 saturated heterocycles. The van der Waals surface area contributed by atoms with Gasteiger partial charge in [0.2, 0.25) is 0 Å². The van der Waals surface area contributed by atoms with Gasteiger partial charge in [0, 0.05) is 18.9 Å². The molecule has 0 aliphatic carbocycles. The summed E-state index contributed by atoms with van der Waals surface area (Å²) in [6.45, 7) is 5.57. The third kappa shape index (κ3) is 3.39. The predicted octanol–water partition coefficient (Wildman–Crippen LogP) is 0.895. The molecule has 1 atom stereocenters. The number of esters is 1. The van der Waals surface area contributed by atoms with Gasteiger partial charge in [0.25, 0.3) is 0 Å². The molecule has 1 aliphatic heterocycles. The van der Waals surface area contributed by atoms with Crippen LogP contribution in [0.1, 0.15) is 19.8 Å². The number of carbonyl (C=O) groups is 1. The van der Waals surface area contributed by atoms with E-state index in [1.165, 1.54) is 20.1 Å². The highest BCUT2D eigenvalue weighted by molar-refractivity contribution is 5.88. The maximum absolute atomic E-state index is 10.7. The Hall–Kier alpha value is -1.01. The highest BCUT2D eigenvalue weighted by Gasteiger charge is 2.19. The number of likely N-dealkylation sites (tertiary alicyclic amines) is 1. The van der Waals surface area contributed by atoms with Crippen LogP contribution in [0.25, 0.3) is 0 Å². The van der Waals surface area contributed by atoms with E-state index in [9.17, 15) is 4.79 Å². The minimum absolute atomic E-state index is 0.435. The second-order valence-corrected chi connectivity index (χ2v) is 3.55. The molecule has 1 unspecified atom stereocenters. The van der Waals surface area contributed by atoms with Crippen molar-refractivity contribution in [2.75, 3.05) is 26.7 Å². The SMILES string of the molecule is CCN1CCC(CC#CC(=O)OC)C1. The molecule has 1 rings (SSSR count). The molecule has 78 valence electrons. The third-order valence-corrected chi connectivity index (χ3v) is 2.58. The van der Waals surface area contributed by atoms with Crippen molar-refractivity contribution in [1.82, 2.24) is 4.90 Å². The largest absolute Gasteiger partial charge is 0.459 e. The molecule has 0 bridgehead atoms. The monoisotopic (exact) mass is 195 g/mol. The molecule has 1 heterocycles. The fourth-order valence-corrected chi connectivity index (χ4v) is 1.69. The van der Waals surface area contributed by atoms with E-state index in [4.69, 9.17) is 0 Å². The van der Waals surface area contributed by atoms with E-state index < -0.39 is 5.97 Å². The summed E-state index contributed by atoms with van der Waals surface area (Å²) in [7, 11) is 1.35. The number of rotatable bonds is 2. The fraction of sp³-hybridized carbons (Fsp3) is 0.727. The average Bonchev–Trinajstić information content (AvgIpc) is 2.65. The summed E-state index contributed by atoms with van der Waals surface area (Å²) >= 11 is 0. The maximum atomic E-state index is 10.7. The van der Waals surface area contributed by atoms with Crippen LogP contribution in [0.15, 0.2) is 0 Å². The van der Waals surface area contributed by atoms with Gasteiger partial charge in [0.1, 0.15) is 0 Å². The van der Waals surface area contributed by atoms with Gasteiger partial charge < -0.3 is 9.64 Å². The number of ether oxygens (including phenoxy) is 1. The van der Waals surface area contributed by atoms with Gasteiger partial charge in [-0.15, -0.1) is 0 Å². The van der Waals surface area contributed by atoms with E-state index >= 15 is 0 Å². The lowest BCUT2D eigenvalue weighted by Gasteiger charge is -2.10. The Morgan fingerprint density at radius 3 is 3.00 bits per heavy atom. The molecule has 0 radical (unpaired) electrons. The summed E-state index contributed by atoms with van der Waals surface area (Å²) in [5.41, 5.74) is 0. The first kappa shape index (κ1) is 11.1. The summed E-state index contributed by atoms with van der Waals surface area (Å²) in [6, 6.07) is 0. The van der Waals surface area contributed by atoms with Gasteiger partial charge in [-0.1, -0.05) is 12.8 Å². The van der Waals surface area contributed by atoms with E-state index in [1.54, 1.807) is 0 Å². The van der Waals surface area contributed by atoms with E-state index in [-0.39, 0.29) is 0 Å². The number of hydrogen-bond acceptors (Lipinski definition) is 3. The van der Waals surface area contributed by atoms with E-state index in [2.05, 4.69) is 28.4 Å². The standard InChI is InChI=1S/C11H17NO2/c1-3-12-8-7-10(9-12)5-4-6-11(13)14-2/h10H,3,5,7-9H2,1-2H3. The van der Waals surface area contributed by atoms with Crippen LogP contribution in [0.3, 0.4) is 0 Å². The lowest BCUT2D eigenvalue weighted by atomic mass is 10.1. The van der Waals surface area contributed by atoms with Crippen LogP contribution < -0.4 is 0 Å². The lowest BCUT2D eigenvalue weighted by Crippen LogP contribution is -2.19. The molecule has 0 aromatic rings. The van der Waals surface area contributed by atoms with E-state index in [1.807, 2.05) is 0 Å². The van der Waals surface area contributed by atoms with Crippen LogP contribution in [0.5, 0.6) is 0 Å². The van der Waals surface area contributed by atoms with Crippen molar-refractivity contribution < 1.29 is 9.53 Å². The summed E-state index contributed by atoms with van der Waals surface area (Å²) in [5, 5.41) is 0. The first-order valence-corrected chi connectivity index (χ1v) is 5.05. The Bertz CT molecular complexity index is 252. The van der Waals surface area contributed by atoms with Crippen molar-refractivity contribution >= 4 is 5.97 Å². The Morgan fingerprint density at radius 1 is 1.64 bits per heavy atom. The molecule has 14 heavy (non-hydrogen) atoms. The van der Waals surface area contributed by atoms with Crippen molar-refractivity contribution in [3.63, 3.8) is 0 Å². The van der Waals surface area contributed by atoms with Crippen molar-refractivity contribution in [2.45, 2.75) is 19.8 Å². The number of methoxy groups -OCH3 is 1. The van der Waals surface area contributed by atoms with Crippen LogP contribution >= 0.6 is 0 Å². The molecular formula is C11H17NO2. The molecule has 0 spiro atoms. The van der Waals surface area contributed by atoms with Gasteiger partial charge in [-0.25, -0.2) is 4.79 Å². The van der Waals surface area contributed by atoms with Crippen LogP contribution in [0.4, 0.5) is 0 Å². The fourth-order valence-electron chi connectivity index (χ4n) is 1.69. The molecule has 0 saturated carbocycles. The highest BCUT2D eigenvalue weighted by Crippen LogP contribution is 2.18. The minimum atomic E-state index is -0.435. The summed E-state index contributed by atoms with van der Waals surface area (Å²) in [4.78, 5) is 13.1. The zero-order valence-corrected chi connectivity index (χ0v) is 8.88. The molecular weight excluding hydrogens is 178 g/mol. The zero-order chi connectivity index (χ0) is 10.4. The van der Waals surface area contributed by atoms with Gasteiger partial charge >= 0.3 is 5.97 Å². The van der Waals surface area contributed by atoms with Gasteiger partial charge in [0.05, 0.1) is 7.11 Å². The Balaban J connectivity index is 2.25. The number of hydrogen-bond donors (Lipinski definition) is 0. The van der Waals surface area contributed by atoms with Crippen molar-refractivity contribution in [1.29, 1.82) is 0 Å². The molecule has 3 heteroatoms. The highest BCUT2D eigenvalue weighted by atomic mass is 16.5. The molecule has 1 fully saturated rings. The third-order valence-electron chi connectivity index (χ3n) is 2.58.